The predicted octanol–water partition coefficient (Wildman–Crippen LogP) is 0.178. The van der Waals surface area contributed by atoms with Gasteiger partial charge in [0.15, 0.2) is 12.1 Å². The molecule has 2 saturated heterocycles. The molecule has 0 unspecified atom stereocenters. The van der Waals surface area contributed by atoms with Gasteiger partial charge in [-0.3, -0.25) is 4.79 Å². The van der Waals surface area contributed by atoms with Gasteiger partial charge in [0.05, 0.1) is 18.6 Å². The van der Waals surface area contributed by atoms with E-state index in [0.717, 1.165) is 25.7 Å². The molecule has 3 rings (SSSR count). The molecule has 3 aliphatic rings. The lowest BCUT2D eigenvalue weighted by atomic mass is 9.98. The highest BCUT2D eigenvalue weighted by Gasteiger charge is 2.56. The minimum atomic E-state index is -1.18. The Morgan fingerprint density at radius 2 is 1.96 bits per heavy atom. The van der Waals surface area contributed by atoms with Crippen LogP contribution in [0.1, 0.15) is 52.4 Å². The van der Waals surface area contributed by atoms with Crippen molar-refractivity contribution in [1.29, 1.82) is 0 Å². The topological polar surface area (TPSA) is 120 Å². The van der Waals surface area contributed by atoms with Crippen molar-refractivity contribution in [3.05, 3.63) is 0 Å². The SMILES string of the molecule is CC1(C)O[C@H]2O[C@H]([C@H](N)[C@@H](O)C[14C](=O)OC3CCCCC3)[C@H](O)[C@H]2O1. The summed E-state index contributed by atoms with van der Waals surface area (Å²) in [4.78, 5) is 12.0. The number of rotatable bonds is 5. The number of nitrogens with two attached hydrogens (primary N) is 1. The fourth-order valence-corrected chi connectivity index (χ4v) is 3.78. The monoisotopic (exact) mass is 361 g/mol. The molecular weight excluding hydrogens is 332 g/mol. The van der Waals surface area contributed by atoms with Gasteiger partial charge in [-0.15, -0.1) is 0 Å². The van der Waals surface area contributed by atoms with Gasteiger partial charge in [-0.2, -0.15) is 0 Å². The number of hydrogen-bond donors (Lipinski definition) is 3. The molecule has 3 fully saturated rings. The quantitative estimate of drug-likeness (QED) is 0.593. The Labute approximate surface area is 147 Å². The molecule has 0 amide bonds. The summed E-state index contributed by atoms with van der Waals surface area (Å²) in [5.74, 6) is -1.32. The molecular formula is C17H29NO7. The van der Waals surface area contributed by atoms with Gasteiger partial charge in [-0.1, -0.05) is 6.42 Å². The first kappa shape index (κ1) is 19.0. The molecule has 0 aromatic rings. The fraction of sp³-hybridized carbons (Fsp3) is 0.941. The first-order valence-electron chi connectivity index (χ1n) is 9.09. The molecule has 2 aliphatic heterocycles. The molecule has 1 aliphatic carbocycles. The van der Waals surface area contributed by atoms with E-state index in [1.165, 1.54) is 6.42 Å². The lowest BCUT2D eigenvalue weighted by molar-refractivity contribution is -0.219. The van der Waals surface area contributed by atoms with E-state index >= 15 is 0 Å². The fourth-order valence-electron chi connectivity index (χ4n) is 3.78. The maximum absolute atomic E-state index is 12.0. The van der Waals surface area contributed by atoms with Crippen molar-refractivity contribution in [2.24, 2.45) is 5.73 Å². The van der Waals surface area contributed by atoms with E-state index in [2.05, 4.69) is 0 Å². The lowest BCUT2D eigenvalue weighted by Gasteiger charge is -2.29. The van der Waals surface area contributed by atoms with Crippen molar-refractivity contribution >= 4 is 5.97 Å². The molecule has 8 heteroatoms. The number of hydrogen-bond acceptors (Lipinski definition) is 8. The van der Waals surface area contributed by atoms with Gasteiger partial charge < -0.3 is 34.9 Å². The molecule has 0 aromatic heterocycles. The number of fused-ring (bicyclic) bond motifs is 1. The number of carbonyl (C=O) groups is 1. The van der Waals surface area contributed by atoms with Crippen LogP contribution in [0.4, 0.5) is 0 Å². The normalized spacial score (nSPS) is 37.5. The highest BCUT2D eigenvalue weighted by Crippen LogP contribution is 2.38. The van der Waals surface area contributed by atoms with E-state index in [9.17, 15) is 15.0 Å². The summed E-state index contributed by atoms with van der Waals surface area (Å²) >= 11 is 0. The number of aliphatic hydroxyl groups excluding tert-OH is 2. The molecule has 25 heavy (non-hydrogen) atoms. The number of aliphatic hydroxyl groups is 2. The Morgan fingerprint density at radius 3 is 2.60 bits per heavy atom. The highest BCUT2D eigenvalue weighted by molar-refractivity contribution is 5.70. The lowest BCUT2D eigenvalue weighted by Crippen LogP contribution is -2.51. The van der Waals surface area contributed by atoms with Crippen molar-refractivity contribution in [2.45, 2.75) is 101 Å². The van der Waals surface area contributed by atoms with Gasteiger partial charge in [0.25, 0.3) is 0 Å². The van der Waals surface area contributed by atoms with Crippen LogP contribution in [0.3, 0.4) is 0 Å². The summed E-state index contributed by atoms with van der Waals surface area (Å²) < 4.78 is 22.2. The first-order valence-corrected chi connectivity index (χ1v) is 9.09. The van der Waals surface area contributed by atoms with Crippen LogP contribution in [0.25, 0.3) is 0 Å². The van der Waals surface area contributed by atoms with Crippen molar-refractivity contribution in [3.63, 3.8) is 0 Å². The largest absolute Gasteiger partial charge is 0.462 e. The number of ether oxygens (including phenoxy) is 4. The van der Waals surface area contributed by atoms with Crippen LogP contribution in [0.5, 0.6) is 0 Å². The third-order valence-electron chi connectivity index (χ3n) is 5.10. The third-order valence-corrected chi connectivity index (χ3v) is 5.10. The maximum atomic E-state index is 12.0. The molecule has 8 nitrogen and oxygen atoms in total. The zero-order chi connectivity index (χ0) is 18.2. The van der Waals surface area contributed by atoms with E-state index in [1.807, 2.05) is 0 Å². The minimum Gasteiger partial charge on any atom is -0.462 e. The maximum Gasteiger partial charge on any atom is 0.308 e. The van der Waals surface area contributed by atoms with Gasteiger partial charge in [-0.25, -0.2) is 0 Å². The number of carbonyl (C=O) groups excluding carboxylic acids is 1. The second kappa shape index (κ2) is 7.46. The highest BCUT2D eigenvalue weighted by atomic mass is 16.8. The van der Waals surface area contributed by atoms with Gasteiger partial charge >= 0.3 is 5.97 Å². The van der Waals surface area contributed by atoms with Crippen molar-refractivity contribution in [2.75, 3.05) is 0 Å². The zero-order valence-corrected chi connectivity index (χ0v) is 14.8. The standard InChI is InChI=1S/C17H29NO7/c1-17(2)24-15-13(21)14(23-16(15)25-17)12(18)10(19)8-11(20)22-9-6-4-3-5-7-9/h9-10,12-16,19,21H,3-8,18H2,1-2H3/t10-,12+,13-,14+,15+,16+/m0/s1/i11+2. The van der Waals surface area contributed by atoms with Crippen LogP contribution in [0.15, 0.2) is 0 Å². The minimum absolute atomic E-state index is 0.0682. The molecule has 2 heterocycles. The van der Waals surface area contributed by atoms with Gasteiger partial charge in [0, 0.05) is 0 Å². The summed E-state index contributed by atoms with van der Waals surface area (Å²) in [6, 6.07) is -0.949. The second-order valence-electron chi connectivity index (χ2n) is 7.66. The van der Waals surface area contributed by atoms with E-state index < -0.39 is 48.5 Å². The van der Waals surface area contributed by atoms with Crippen molar-refractivity contribution in [3.8, 4) is 0 Å². The van der Waals surface area contributed by atoms with Gasteiger partial charge in [0.1, 0.15) is 24.4 Å². The summed E-state index contributed by atoms with van der Waals surface area (Å²) in [5, 5.41) is 20.6. The summed E-state index contributed by atoms with van der Waals surface area (Å²) in [6.07, 6.45) is 0.239. The van der Waals surface area contributed by atoms with Crippen LogP contribution in [0, 0.1) is 0 Å². The molecule has 0 spiro atoms. The summed E-state index contributed by atoms with van der Waals surface area (Å²) in [5.41, 5.74) is 6.01. The van der Waals surface area contributed by atoms with Crippen LogP contribution in [0.2, 0.25) is 0 Å². The third kappa shape index (κ3) is 4.32. The number of esters is 1. The molecule has 144 valence electrons. The van der Waals surface area contributed by atoms with Gasteiger partial charge in [-0.05, 0) is 39.5 Å². The Morgan fingerprint density at radius 1 is 1.28 bits per heavy atom. The summed E-state index contributed by atoms with van der Waals surface area (Å²) in [7, 11) is 0. The van der Waals surface area contributed by atoms with Crippen LogP contribution in [-0.2, 0) is 23.7 Å². The van der Waals surface area contributed by atoms with Gasteiger partial charge in [0.2, 0.25) is 0 Å². The Kier molecular flexibility index (Phi) is 5.67. The Hall–Kier alpha value is -0.770. The van der Waals surface area contributed by atoms with Crippen LogP contribution in [-0.4, -0.2) is 64.8 Å². The Balaban J connectivity index is 1.49. The smallest absolute Gasteiger partial charge is 0.308 e. The molecule has 4 N–H and O–H groups in total. The van der Waals surface area contributed by atoms with E-state index in [0.29, 0.717) is 0 Å². The van der Waals surface area contributed by atoms with E-state index in [4.69, 9.17) is 24.7 Å². The average molecular weight is 361 g/mol. The van der Waals surface area contributed by atoms with Crippen molar-refractivity contribution < 1.29 is 34.0 Å². The van der Waals surface area contributed by atoms with Crippen molar-refractivity contribution in [1.82, 2.24) is 0 Å². The molecule has 0 bridgehead atoms. The predicted molar refractivity (Wildman–Crippen MR) is 86.3 cm³/mol. The molecule has 0 radical (unpaired) electrons. The zero-order valence-electron chi connectivity index (χ0n) is 14.8. The van der Waals surface area contributed by atoms with E-state index in [-0.39, 0.29) is 12.5 Å². The Bertz CT molecular complexity index is 480. The first-order chi connectivity index (χ1) is 11.8. The van der Waals surface area contributed by atoms with Crippen LogP contribution < -0.4 is 5.73 Å². The average Bonchev–Trinajstić information content (AvgIpc) is 3.00. The van der Waals surface area contributed by atoms with Crippen LogP contribution >= 0.6 is 0 Å². The summed E-state index contributed by atoms with van der Waals surface area (Å²) in [6.45, 7) is 3.46. The molecule has 0 aromatic carbocycles. The molecule has 1 saturated carbocycles. The van der Waals surface area contributed by atoms with E-state index in [1.54, 1.807) is 13.8 Å². The molecule has 6 atom stereocenters. The second-order valence-corrected chi connectivity index (χ2v) is 7.66.